The third kappa shape index (κ3) is 2.71. The molecule has 0 aromatic rings. The van der Waals surface area contributed by atoms with E-state index in [1.165, 1.54) is 19.3 Å². The second kappa shape index (κ2) is 5.13. The van der Waals surface area contributed by atoms with Crippen LogP contribution in [0.1, 0.15) is 52.4 Å². The van der Waals surface area contributed by atoms with Crippen molar-refractivity contribution in [1.82, 2.24) is 0 Å². The Morgan fingerprint density at radius 2 is 1.79 bits per heavy atom. The minimum Gasteiger partial charge on any atom is -0.390 e. The van der Waals surface area contributed by atoms with Crippen molar-refractivity contribution in [2.45, 2.75) is 64.1 Å². The van der Waals surface area contributed by atoms with Gasteiger partial charge in [-0.1, -0.05) is 33.1 Å². The van der Waals surface area contributed by atoms with Crippen LogP contribution in [0.25, 0.3) is 0 Å². The predicted molar refractivity (Wildman–Crippen MR) is 58.3 cm³/mol. The Kier molecular flexibility index (Phi) is 4.39. The normalized spacial score (nSPS) is 23.8. The number of hydrogen-bond donors (Lipinski definition) is 1. The van der Waals surface area contributed by atoms with Crippen LogP contribution in [0.4, 0.5) is 0 Å². The Morgan fingerprint density at radius 1 is 1.21 bits per heavy atom. The number of ether oxygens (including phenoxy) is 1. The molecular weight excluding hydrogens is 176 g/mol. The smallest absolute Gasteiger partial charge is 0.0936 e. The summed E-state index contributed by atoms with van der Waals surface area (Å²) in [5.74, 6) is 0.541. The van der Waals surface area contributed by atoms with E-state index in [4.69, 9.17) is 4.74 Å². The van der Waals surface area contributed by atoms with Gasteiger partial charge in [0.05, 0.1) is 11.7 Å². The molecule has 1 aliphatic rings. The van der Waals surface area contributed by atoms with Crippen molar-refractivity contribution >= 4 is 0 Å². The molecule has 2 heteroatoms. The molecule has 14 heavy (non-hydrogen) atoms. The van der Waals surface area contributed by atoms with E-state index < -0.39 is 0 Å². The van der Waals surface area contributed by atoms with Gasteiger partial charge in [0.1, 0.15) is 0 Å². The minimum absolute atomic E-state index is 0.234. The summed E-state index contributed by atoms with van der Waals surface area (Å²) in [7, 11) is 1.74. The topological polar surface area (TPSA) is 29.5 Å². The highest BCUT2D eigenvalue weighted by Gasteiger charge is 2.39. The average molecular weight is 200 g/mol. The molecule has 0 aliphatic heterocycles. The first-order valence-electron chi connectivity index (χ1n) is 5.84. The van der Waals surface area contributed by atoms with Gasteiger partial charge in [-0.3, -0.25) is 0 Å². The monoisotopic (exact) mass is 200 g/mol. The molecule has 0 spiro atoms. The number of aliphatic hydroxyl groups excluding tert-OH is 1. The molecule has 0 aromatic carbocycles. The van der Waals surface area contributed by atoms with Crippen molar-refractivity contribution in [3.63, 3.8) is 0 Å². The molecule has 1 N–H and O–H groups in total. The van der Waals surface area contributed by atoms with Gasteiger partial charge < -0.3 is 9.84 Å². The van der Waals surface area contributed by atoms with E-state index in [-0.39, 0.29) is 11.7 Å². The highest BCUT2D eigenvalue weighted by Crippen LogP contribution is 2.36. The van der Waals surface area contributed by atoms with Gasteiger partial charge in [0.25, 0.3) is 0 Å². The van der Waals surface area contributed by atoms with E-state index in [0.717, 1.165) is 19.3 Å². The molecule has 0 amide bonds. The van der Waals surface area contributed by atoms with Crippen LogP contribution in [0.15, 0.2) is 0 Å². The Balaban J connectivity index is 2.57. The van der Waals surface area contributed by atoms with E-state index >= 15 is 0 Å². The first-order chi connectivity index (χ1) is 6.60. The van der Waals surface area contributed by atoms with E-state index in [1.54, 1.807) is 7.11 Å². The zero-order chi connectivity index (χ0) is 10.6. The molecular formula is C12H24O2. The SMILES string of the molecule is COC1(C(O)CC(C)C)CCCCC1. The summed E-state index contributed by atoms with van der Waals surface area (Å²) in [5, 5.41) is 10.2. The maximum absolute atomic E-state index is 10.2. The van der Waals surface area contributed by atoms with Crippen molar-refractivity contribution in [2.75, 3.05) is 7.11 Å². The number of hydrogen-bond acceptors (Lipinski definition) is 2. The van der Waals surface area contributed by atoms with Crippen LogP contribution in [0.3, 0.4) is 0 Å². The lowest BCUT2D eigenvalue weighted by molar-refractivity contribution is -0.128. The van der Waals surface area contributed by atoms with Crippen LogP contribution in [0.5, 0.6) is 0 Å². The van der Waals surface area contributed by atoms with E-state index in [2.05, 4.69) is 13.8 Å². The van der Waals surface area contributed by atoms with E-state index in [1.807, 2.05) is 0 Å². The van der Waals surface area contributed by atoms with Gasteiger partial charge in [0.2, 0.25) is 0 Å². The highest BCUT2D eigenvalue weighted by molar-refractivity contribution is 4.91. The third-order valence-corrected chi connectivity index (χ3v) is 3.41. The molecule has 1 rings (SSSR count). The van der Waals surface area contributed by atoms with Crippen LogP contribution >= 0.6 is 0 Å². The van der Waals surface area contributed by atoms with Gasteiger partial charge in [-0.15, -0.1) is 0 Å². The average Bonchev–Trinajstić information content (AvgIpc) is 2.18. The molecule has 1 saturated carbocycles. The lowest BCUT2D eigenvalue weighted by atomic mass is 9.78. The Bertz CT molecular complexity index is 160. The van der Waals surface area contributed by atoms with Gasteiger partial charge in [-0.25, -0.2) is 0 Å². The maximum atomic E-state index is 10.2. The van der Waals surface area contributed by atoms with Crippen molar-refractivity contribution in [3.05, 3.63) is 0 Å². The van der Waals surface area contributed by atoms with Gasteiger partial charge >= 0.3 is 0 Å². The zero-order valence-corrected chi connectivity index (χ0v) is 9.75. The summed E-state index contributed by atoms with van der Waals surface area (Å²) in [5.41, 5.74) is -0.234. The second-order valence-corrected chi connectivity index (χ2v) is 4.97. The second-order valence-electron chi connectivity index (χ2n) is 4.97. The Hall–Kier alpha value is -0.0800. The predicted octanol–water partition coefficient (Wildman–Crippen LogP) is 2.74. The van der Waals surface area contributed by atoms with Crippen molar-refractivity contribution in [1.29, 1.82) is 0 Å². The molecule has 0 radical (unpaired) electrons. The van der Waals surface area contributed by atoms with E-state index in [9.17, 15) is 5.11 Å². The lowest BCUT2D eigenvalue weighted by Crippen LogP contribution is -2.46. The lowest BCUT2D eigenvalue weighted by Gasteiger charge is -2.40. The Morgan fingerprint density at radius 3 is 2.21 bits per heavy atom. The van der Waals surface area contributed by atoms with Gasteiger partial charge in [0, 0.05) is 7.11 Å². The number of aliphatic hydroxyl groups is 1. The maximum Gasteiger partial charge on any atom is 0.0936 e. The molecule has 1 unspecified atom stereocenters. The van der Waals surface area contributed by atoms with Crippen molar-refractivity contribution < 1.29 is 9.84 Å². The summed E-state index contributed by atoms with van der Waals surface area (Å²) in [4.78, 5) is 0. The van der Waals surface area contributed by atoms with Gasteiger partial charge in [-0.2, -0.15) is 0 Å². The Labute approximate surface area is 87.7 Å². The van der Waals surface area contributed by atoms with Crippen LogP contribution in [-0.4, -0.2) is 23.9 Å². The standard InChI is InChI=1S/C12H24O2/c1-10(2)9-11(13)12(14-3)7-5-4-6-8-12/h10-11,13H,4-9H2,1-3H3. The van der Waals surface area contributed by atoms with Crippen LogP contribution in [0, 0.1) is 5.92 Å². The molecule has 0 aromatic heterocycles. The molecule has 0 bridgehead atoms. The summed E-state index contributed by atoms with van der Waals surface area (Å²) in [6.45, 7) is 4.30. The van der Waals surface area contributed by atoms with Crippen LogP contribution in [-0.2, 0) is 4.74 Å². The highest BCUT2D eigenvalue weighted by atomic mass is 16.5. The van der Waals surface area contributed by atoms with Crippen molar-refractivity contribution in [3.8, 4) is 0 Å². The quantitative estimate of drug-likeness (QED) is 0.756. The summed E-state index contributed by atoms with van der Waals surface area (Å²) in [6, 6.07) is 0. The molecule has 2 nitrogen and oxygen atoms in total. The first kappa shape index (κ1) is 12.0. The molecule has 1 aliphatic carbocycles. The molecule has 0 heterocycles. The van der Waals surface area contributed by atoms with Gasteiger partial charge in [-0.05, 0) is 25.2 Å². The fraction of sp³-hybridized carbons (Fsp3) is 1.00. The fourth-order valence-electron chi connectivity index (χ4n) is 2.48. The fourth-order valence-corrected chi connectivity index (χ4v) is 2.48. The van der Waals surface area contributed by atoms with Crippen molar-refractivity contribution in [2.24, 2.45) is 5.92 Å². The first-order valence-corrected chi connectivity index (χ1v) is 5.84. The van der Waals surface area contributed by atoms with E-state index in [0.29, 0.717) is 5.92 Å². The number of rotatable bonds is 4. The van der Waals surface area contributed by atoms with Crippen LogP contribution < -0.4 is 0 Å². The minimum atomic E-state index is -0.284. The third-order valence-electron chi connectivity index (χ3n) is 3.41. The largest absolute Gasteiger partial charge is 0.390 e. The zero-order valence-electron chi connectivity index (χ0n) is 9.75. The van der Waals surface area contributed by atoms with Gasteiger partial charge in [0.15, 0.2) is 0 Å². The molecule has 0 saturated heterocycles. The molecule has 1 atom stereocenters. The number of methoxy groups -OCH3 is 1. The summed E-state index contributed by atoms with van der Waals surface area (Å²) >= 11 is 0. The van der Waals surface area contributed by atoms with Crippen LogP contribution in [0.2, 0.25) is 0 Å². The summed E-state index contributed by atoms with van der Waals surface area (Å²) in [6.07, 6.45) is 6.31. The molecule has 84 valence electrons. The molecule has 1 fully saturated rings. The summed E-state index contributed by atoms with van der Waals surface area (Å²) < 4.78 is 5.59.